The van der Waals surface area contributed by atoms with Crippen LogP contribution in [0.3, 0.4) is 0 Å². The number of ether oxygens (including phenoxy) is 1. The van der Waals surface area contributed by atoms with Gasteiger partial charge < -0.3 is 4.74 Å². The van der Waals surface area contributed by atoms with Gasteiger partial charge in [0, 0.05) is 12.8 Å². The standard InChI is InChI=1S/C11H12OS2/c1-2-4-10-9(3-1)12-11(14-10)5-7-13-8-6-11/h1-4H,5-8H2. The van der Waals surface area contributed by atoms with Crippen LogP contribution in [0.1, 0.15) is 12.8 Å². The Morgan fingerprint density at radius 1 is 1.14 bits per heavy atom. The van der Waals surface area contributed by atoms with Crippen LogP contribution in [0.15, 0.2) is 29.2 Å². The SMILES string of the molecule is c1ccc2c(c1)OC1(CCSCC1)S2. The summed E-state index contributed by atoms with van der Waals surface area (Å²) in [4.78, 5) is 1.40. The second-order valence-corrected chi connectivity index (χ2v) is 6.29. The Morgan fingerprint density at radius 3 is 2.71 bits per heavy atom. The molecule has 0 atom stereocenters. The molecule has 0 aliphatic carbocycles. The van der Waals surface area contributed by atoms with E-state index in [2.05, 4.69) is 24.3 Å². The van der Waals surface area contributed by atoms with Crippen molar-refractivity contribution in [3.63, 3.8) is 0 Å². The van der Waals surface area contributed by atoms with Crippen molar-refractivity contribution in [1.82, 2.24) is 0 Å². The molecule has 0 radical (unpaired) electrons. The lowest BCUT2D eigenvalue weighted by Gasteiger charge is -2.31. The van der Waals surface area contributed by atoms with Crippen LogP contribution in [0, 0.1) is 0 Å². The van der Waals surface area contributed by atoms with E-state index in [4.69, 9.17) is 4.74 Å². The number of fused-ring (bicyclic) bond motifs is 1. The first-order valence-electron chi connectivity index (χ1n) is 4.93. The smallest absolute Gasteiger partial charge is 0.160 e. The summed E-state index contributed by atoms with van der Waals surface area (Å²) in [6.45, 7) is 0. The van der Waals surface area contributed by atoms with Gasteiger partial charge in [-0.05, 0) is 23.6 Å². The van der Waals surface area contributed by atoms with Crippen LogP contribution in [-0.4, -0.2) is 16.4 Å². The normalized spacial score (nSPS) is 23.1. The largest absolute Gasteiger partial charge is 0.475 e. The van der Waals surface area contributed by atoms with Gasteiger partial charge in [0.15, 0.2) is 4.93 Å². The van der Waals surface area contributed by atoms with Gasteiger partial charge in [0.2, 0.25) is 0 Å². The maximum Gasteiger partial charge on any atom is 0.160 e. The number of thioether (sulfide) groups is 2. The molecule has 2 heterocycles. The van der Waals surface area contributed by atoms with Crippen LogP contribution in [0.25, 0.3) is 0 Å². The first kappa shape index (κ1) is 8.98. The van der Waals surface area contributed by atoms with E-state index < -0.39 is 0 Å². The Hall–Kier alpha value is -0.280. The molecule has 0 unspecified atom stereocenters. The third kappa shape index (κ3) is 1.43. The van der Waals surface area contributed by atoms with E-state index in [0.29, 0.717) is 0 Å². The van der Waals surface area contributed by atoms with E-state index in [0.717, 1.165) is 5.75 Å². The van der Waals surface area contributed by atoms with E-state index in [9.17, 15) is 0 Å². The summed E-state index contributed by atoms with van der Waals surface area (Å²) >= 11 is 3.97. The van der Waals surface area contributed by atoms with Gasteiger partial charge in [-0.1, -0.05) is 23.9 Å². The maximum absolute atomic E-state index is 6.09. The molecular weight excluding hydrogens is 212 g/mol. The molecule has 1 nitrogen and oxygen atoms in total. The molecule has 1 spiro atoms. The lowest BCUT2D eigenvalue weighted by molar-refractivity contribution is 0.163. The molecule has 3 rings (SSSR count). The fraction of sp³-hybridized carbons (Fsp3) is 0.455. The third-order valence-corrected chi connectivity index (χ3v) is 5.10. The Balaban J connectivity index is 1.89. The van der Waals surface area contributed by atoms with Gasteiger partial charge in [-0.15, -0.1) is 0 Å². The Morgan fingerprint density at radius 2 is 1.93 bits per heavy atom. The summed E-state index contributed by atoms with van der Waals surface area (Å²) in [6.07, 6.45) is 2.36. The average molecular weight is 224 g/mol. The summed E-state index contributed by atoms with van der Waals surface area (Å²) in [6, 6.07) is 8.39. The molecule has 1 fully saturated rings. The third-order valence-electron chi connectivity index (χ3n) is 2.70. The minimum absolute atomic E-state index is 0.0783. The maximum atomic E-state index is 6.09. The minimum atomic E-state index is 0.0783. The van der Waals surface area contributed by atoms with E-state index in [1.165, 1.54) is 29.2 Å². The van der Waals surface area contributed by atoms with Crippen LogP contribution in [0.2, 0.25) is 0 Å². The fourth-order valence-electron chi connectivity index (χ4n) is 1.93. The van der Waals surface area contributed by atoms with Gasteiger partial charge in [-0.25, -0.2) is 0 Å². The quantitative estimate of drug-likeness (QED) is 0.668. The van der Waals surface area contributed by atoms with Crippen molar-refractivity contribution in [2.24, 2.45) is 0 Å². The molecular formula is C11H12OS2. The van der Waals surface area contributed by atoms with Gasteiger partial charge >= 0.3 is 0 Å². The number of hydrogen-bond donors (Lipinski definition) is 0. The zero-order chi connectivity index (χ0) is 9.43. The van der Waals surface area contributed by atoms with Crippen molar-refractivity contribution in [3.8, 4) is 5.75 Å². The molecule has 1 saturated heterocycles. The molecule has 1 aromatic carbocycles. The highest BCUT2D eigenvalue weighted by molar-refractivity contribution is 8.01. The number of para-hydroxylation sites is 1. The van der Waals surface area contributed by atoms with Gasteiger partial charge in [-0.2, -0.15) is 11.8 Å². The average Bonchev–Trinajstić information content (AvgIpc) is 2.56. The van der Waals surface area contributed by atoms with Crippen LogP contribution in [0.5, 0.6) is 5.75 Å². The van der Waals surface area contributed by atoms with Crippen molar-refractivity contribution in [2.75, 3.05) is 11.5 Å². The summed E-state index contributed by atoms with van der Waals surface area (Å²) in [5.41, 5.74) is 0. The second kappa shape index (κ2) is 3.38. The van der Waals surface area contributed by atoms with E-state index in [1.807, 2.05) is 23.5 Å². The van der Waals surface area contributed by atoms with Crippen molar-refractivity contribution < 1.29 is 4.74 Å². The lowest BCUT2D eigenvalue weighted by Crippen LogP contribution is -2.33. The first-order chi connectivity index (χ1) is 6.88. The molecule has 0 bridgehead atoms. The summed E-state index contributed by atoms with van der Waals surface area (Å²) in [5, 5.41) is 0. The van der Waals surface area contributed by atoms with Crippen LogP contribution >= 0.6 is 23.5 Å². The van der Waals surface area contributed by atoms with Crippen molar-refractivity contribution in [2.45, 2.75) is 22.7 Å². The van der Waals surface area contributed by atoms with Gasteiger partial charge in [0.25, 0.3) is 0 Å². The molecule has 74 valence electrons. The molecule has 0 N–H and O–H groups in total. The number of hydrogen-bond acceptors (Lipinski definition) is 3. The highest BCUT2D eigenvalue weighted by Gasteiger charge is 2.41. The zero-order valence-electron chi connectivity index (χ0n) is 7.86. The molecule has 0 saturated carbocycles. The molecule has 2 aliphatic rings. The monoisotopic (exact) mass is 224 g/mol. The lowest BCUT2D eigenvalue weighted by atomic mass is 10.2. The predicted octanol–water partition coefficient (Wildman–Crippen LogP) is 3.39. The molecule has 0 aromatic heterocycles. The van der Waals surface area contributed by atoms with Gasteiger partial charge in [0.1, 0.15) is 5.75 Å². The van der Waals surface area contributed by atoms with E-state index in [1.54, 1.807) is 0 Å². The molecule has 14 heavy (non-hydrogen) atoms. The molecule has 3 heteroatoms. The topological polar surface area (TPSA) is 9.23 Å². The van der Waals surface area contributed by atoms with Crippen LogP contribution in [-0.2, 0) is 0 Å². The Labute approximate surface area is 92.6 Å². The summed E-state index contributed by atoms with van der Waals surface area (Å²) in [5.74, 6) is 3.56. The van der Waals surface area contributed by atoms with E-state index >= 15 is 0 Å². The molecule has 1 aromatic rings. The van der Waals surface area contributed by atoms with Crippen LogP contribution in [0.4, 0.5) is 0 Å². The Kier molecular flexibility index (Phi) is 2.17. The predicted molar refractivity (Wildman–Crippen MR) is 62.2 cm³/mol. The zero-order valence-corrected chi connectivity index (χ0v) is 9.50. The summed E-state index contributed by atoms with van der Waals surface area (Å²) in [7, 11) is 0. The van der Waals surface area contributed by atoms with Crippen molar-refractivity contribution >= 4 is 23.5 Å². The van der Waals surface area contributed by atoms with Gasteiger partial charge in [-0.3, -0.25) is 0 Å². The fourth-order valence-corrected chi connectivity index (χ4v) is 4.64. The first-order valence-corrected chi connectivity index (χ1v) is 6.90. The van der Waals surface area contributed by atoms with Crippen LogP contribution < -0.4 is 4.74 Å². The van der Waals surface area contributed by atoms with Crippen molar-refractivity contribution in [3.05, 3.63) is 24.3 Å². The van der Waals surface area contributed by atoms with E-state index in [-0.39, 0.29) is 4.93 Å². The number of benzene rings is 1. The highest BCUT2D eigenvalue weighted by atomic mass is 32.2. The minimum Gasteiger partial charge on any atom is -0.475 e. The summed E-state index contributed by atoms with van der Waals surface area (Å²) < 4.78 is 6.09. The Bertz CT molecular complexity index is 318. The molecule has 2 aliphatic heterocycles. The highest BCUT2D eigenvalue weighted by Crippen LogP contribution is 2.52. The van der Waals surface area contributed by atoms with Crippen molar-refractivity contribution in [1.29, 1.82) is 0 Å². The van der Waals surface area contributed by atoms with Gasteiger partial charge in [0.05, 0.1) is 4.90 Å². The second-order valence-electron chi connectivity index (χ2n) is 3.67. The number of rotatable bonds is 0. The molecule has 0 amide bonds.